The molecule has 0 aliphatic carbocycles. The highest BCUT2D eigenvalue weighted by molar-refractivity contribution is 7.92. The SMILES string of the molecule is CC[C@H](C(=O)NC(C)(C)C)N(Cc1ccc(Cl)c(Cl)c1)C(=O)CN(c1c(C)cccc1C)S(C)(=O)=O. The van der Waals surface area contributed by atoms with E-state index in [9.17, 15) is 18.0 Å². The van der Waals surface area contributed by atoms with Crippen LogP contribution in [0.5, 0.6) is 0 Å². The maximum Gasteiger partial charge on any atom is 0.244 e. The molecule has 1 atom stereocenters. The van der Waals surface area contributed by atoms with E-state index >= 15 is 0 Å². The van der Waals surface area contributed by atoms with Crippen molar-refractivity contribution in [1.82, 2.24) is 10.2 Å². The number of rotatable bonds is 9. The molecule has 2 aromatic carbocycles. The maximum absolute atomic E-state index is 13.8. The third-order valence-electron chi connectivity index (χ3n) is 5.59. The summed E-state index contributed by atoms with van der Waals surface area (Å²) in [5, 5.41) is 3.62. The molecule has 0 heterocycles. The molecule has 36 heavy (non-hydrogen) atoms. The number of carbonyl (C=O) groups excluding carboxylic acids is 2. The molecule has 0 radical (unpaired) electrons. The molecule has 0 spiro atoms. The van der Waals surface area contributed by atoms with Crippen molar-refractivity contribution in [2.45, 2.75) is 66.1 Å². The van der Waals surface area contributed by atoms with Crippen LogP contribution in [-0.4, -0.2) is 49.5 Å². The Bertz CT molecular complexity index is 1210. The minimum atomic E-state index is -3.81. The third kappa shape index (κ3) is 7.85. The average Bonchev–Trinajstić information content (AvgIpc) is 2.73. The summed E-state index contributed by atoms with van der Waals surface area (Å²) in [7, 11) is -3.81. The Labute approximate surface area is 224 Å². The van der Waals surface area contributed by atoms with Crippen molar-refractivity contribution in [3.63, 3.8) is 0 Å². The molecule has 7 nitrogen and oxygen atoms in total. The number of hydrogen-bond donors (Lipinski definition) is 1. The fourth-order valence-electron chi connectivity index (χ4n) is 3.98. The quantitative estimate of drug-likeness (QED) is 0.466. The van der Waals surface area contributed by atoms with Gasteiger partial charge in [0.25, 0.3) is 0 Å². The van der Waals surface area contributed by atoms with E-state index in [4.69, 9.17) is 23.2 Å². The number of hydrogen-bond acceptors (Lipinski definition) is 4. The first-order valence-electron chi connectivity index (χ1n) is 11.6. The van der Waals surface area contributed by atoms with Crippen molar-refractivity contribution in [3.8, 4) is 0 Å². The fourth-order valence-corrected chi connectivity index (χ4v) is 5.27. The van der Waals surface area contributed by atoms with Gasteiger partial charge in [-0.1, -0.05) is 54.4 Å². The van der Waals surface area contributed by atoms with Crippen LogP contribution in [0.15, 0.2) is 36.4 Å². The summed E-state index contributed by atoms with van der Waals surface area (Å²) in [5.41, 5.74) is 2.05. The van der Waals surface area contributed by atoms with Gasteiger partial charge in [-0.2, -0.15) is 0 Å². The molecule has 0 aliphatic rings. The third-order valence-corrected chi connectivity index (χ3v) is 7.44. The normalized spacial score (nSPS) is 12.7. The minimum absolute atomic E-state index is 0.0517. The van der Waals surface area contributed by atoms with Gasteiger partial charge in [0.15, 0.2) is 0 Å². The summed E-state index contributed by atoms with van der Waals surface area (Å²) in [6, 6.07) is 9.58. The van der Waals surface area contributed by atoms with Crippen molar-refractivity contribution >= 4 is 50.7 Å². The predicted octanol–water partition coefficient (Wildman–Crippen LogP) is 5.10. The van der Waals surface area contributed by atoms with Crippen LogP contribution in [0.4, 0.5) is 5.69 Å². The zero-order valence-corrected chi connectivity index (χ0v) is 24.2. The molecule has 2 aromatic rings. The number of anilines is 1. The van der Waals surface area contributed by atoms with E-state index in [-0.39, 0.29) is 12.5 Å². The number of amides is 2. The molecule has 0 fully saturated rings. The maximum atomic E-state index is 13.8. The summed E-state index contributed by atoms with van der Waals surface area (Å²) >= 11 is 12.3. The molecule has 0 saturated heterocycles. The molecule has 198 valence electrons. The number of aryl methyl sites for hydroxylation is 2. The highest BCUT2D eigenvalue weighted by atomic mass is 35.5. The van der Waals surface area contributed by atoms with Crippen molar-refractivity contribution in [2.75, 3.05) is 17.1 Å². The van der Waals surface area contributed by atoms with Gasteiger partial charge in [-0.25, -0.2) is 8.42 Å². The molecule has 1 N–H and O–H groups in total. The van der Waals surface area contributed by atoms with Crippen LogP contribution < -0.4 is 9.62 Å². The van der Waals surface area contributed by atoms with Crippen molar-refractivity contribution in [3.05, 3.63) is 63.1 Å². The first kappa shape index (κ1) is 29.9. The van der Waals surface area contributed by atoms with Crippen LogP contribution in [0.25, 0.3) is 0 Å². The molecular formula is C26H35Cl2N3O4S. The monoisotopic (exact) mass is 555 g/mol. The predicted molar refractivity (Wildman–Crippen MR) is 147 cm³/mol. The molecule has 0 unspecified atom stereocenters. The molecule has 0 aromatic heterocycles. The zero-order valence-electron chi connectivity index (χ0n) is 21.9. The van der Waals surface area contributed by atoms with Crippen LogP contribution in [0, 0.1) is 13.8 Å². The number of sulfonamides is 1. The zero-order chi connectivity index (χ0) is 27.4. The summed E-state index contributed by atoms with van der Waals surface area (Å²) in [4.78, 5) is 28.4. The summed E-state index contributed by atoms with van der Waals surface area (Å²) in [6.07, 6.45) is 1.40. The van der Waals surface area contributed by atoms with Crippen LogP contribution in [0.1, 0.15) is 50.8 Å². The van der Waals surface area contributed by atoms with Gasteiger partial charge < -0.3 is 10.2 Å². The molecule has 10 heteroatoms. The molecule has 0 aliphatic heterocycles. The van der Waals surface area contributed by atoms with E-state index in [0.29, 0.717) is 27.7 Å². The first-order valence-corrected chi connectivity index (χ1v) is 14.2. The van der Waals surface area contributed by atoms with E-state index in [1.165, 1.54) is 4.90 Å². The number of carbonyl (C=O) groups is 2. The van der Waals surface area contributed by atoms with Crippen molar-refractivity contribution in [2.24, 2.45) is 0 Å². The van der Waals surface area contributed by atoms with Gasteiger partial charge in [-0.3, -0.25) is 13.9 Å². The Morgan fingerprint density at radius 3 is 2.08 bits per heavy atom. The van der Waals surface area contributed by atoms with Gasteiger partial charge in [0.2, 0.25) is 21.8 Å². The lowest BCUT2D eigenvalue weighted by Gasteiger charge is -2.35. The van der Waals surface area contributed by atoms with Gasteiger partial charge in [0.05, 0.1) is 22.0 Å². The number of nitrogens with one attached hydrogen (secondary N) is 1. The van der Waals surface area contributed by atoms with E-state index in [2.05, 4.69) is 5.32 Å². The Balaban J connectivity index is 2.54. The summed E-state index contributed by atoms with van der Waals surface area (Å²) in [6.45, 7) is 10.6. The van der Waals surface area contributed by atoms with E-state index < -0.39 is 34.1 Å². The number of benzene rings is 2. The second-order valence-corrected chi connectivity index (χ2v) is 12.7. The standard InChI is InChI=1S/C26H35Cl2N3O4S/c1-8-22(25(33)29-26(4,5)6)30(15-19-12-13-20(27)21(28)14-19)23(32)16-31(36(7,34)35)24-17(2)10-9-11-18(24)3/h9-14,22H,8,15-16H2,1-7H3,(H,29,33)/t22-/m1/s1. The van der Waals surface area contributed by atoms with Crippen LogP contribution in [-0.2, 0) is 26.2 Å². The van der Waals surface area contributed by atoms with E-state index in [1.54, 1.807) is 44.2 Å². The van der Waals surface area contributed by atoms with E-state index in [1.807, 2.05) is 33.8 Å². The summed E-state index contributed by atoms with van der Waals surface area (Å²) < 4.78 is 26.8. The smallest absolute Gasteiger partial charge is 0.244 e. The van der Waals surface area contributed by atoms with Gasteiger partial charge in [-0.15, -0.1) is 0 Å². The summed E-state index contributed by atoms with van der Waals surface area (Å²) in [5.74, 6) is -0.832. The van der Waals surface area contributed by atoms with E-state index in [0.717, 1.165) is 21.7 Å². The van der Waals surface area contributed by atoms with Gasteiger partial charge in [0.1, 0.15) is 12.6 Å². The largest absolute Gasteiger partial charge is 0.350 e. The highest BCUT2D eigenvalue weighted by Crippen LogP contribution is 2.28. The minimum Gasteiger partial charge on any atom is -0.350 e. The second-order valence-electron chi connectivity index (χ2n) is 9.94. The Morgan fingerprint density at radius 2 is 1.61 bits per heavy atom. The van der Waals surface area contributed by atoms with Gasteiger partial charge in [-0.05, 0) is 69.9 Å². The first-order chi connectivity index (χ1) is 16.5. The Morgan fingerprint density at radius 1 is 1.03 bits per heavy atom. The van der Waals surface area contributed by atoms with Crippen LogP contribution in [0.3, 0.4) is 0 Å². The molecule has 2 rings (SSSR count). The van der Waals surface area contributed by atoms with Crippen molar-refractivity contribution < 1.29 is 18.0 Å². The molecule has 2 amide bonds. The van der Waals surface area contributed by atoms with Crippen LogP contribution >= 0.6 is 23.2 Å². The number of nitrogens with zero attached hydrogens (tertiary/aromatic N) is 2. The van der Waals surface area contributed by atoms with Crippen LogP contribution in [0.2, 0.25) is 10.0 Å². The fraction of sp³-hybridized carbons (Fsp3) is 0.462. The molecular weight excluding hydrogens is 521 g/mol. The molecule has 0 bridgehead atoms. The Kier molecular flexibility index (Phi) is 9.84. The Hall–Kier alpha value is -2.29. The topological polar surface area (TPSA) is 86.8 Å². The highest BCUT2D eigenvalue weighted by Gasteiger charge is 2.33. The number of para-hydroxylation sites is 1. The lowest BCUT2D eigenvalue weighted by Crippen LogP contribution is -2.55. The molecule has 0 saturated carbocycles. The lowest BCUT2D eigenvalue weighted by molar-refractivity contribution is -0.141. The average molecular weight is 557 g/mol. The van der Waals surface area contributed by atoms with Gasteiger partial charge >= 0.3 is 0 Å². The second kappa shape index (κ2) is 11.8. The van der Waals surface area contributed by atoms with Crippen molar-refractivity contribution in [1.29, 1.82) is 0 Å². The lowest BCUT2D eigenvalue weighted by atomic mass is 10.1. The van der Waals surface area contributed by atoms with Gasteiger partial charge in [0, 0.05) is 12.1 Å². The number of halogens is 2.